The number of aryl methyl sites for hydroxylation is 2. The molecule has 1 unspecified atom stereocenters. The van der Waals surface area contributed by atoms with Crippen LogP contribution in [0.2, 0.25) is 0 Å². The van der Waals surface area contributed by atoms with E-state index in [2.05, 4.69) is 28.6 Å². The van der Waals surface area contributed by atoms with Crippen LogP contribution in [0.3, 0.4) is 0 Å². The van der Waals surface area contributed by atoms with Crippen LogP contribution < -0.4 is 4.90 Å². The van der Waals surface area contributed by atoms with Crippen LogP contribution in [0.5, 0.6) is 0 Å². The van der Waals surface area contributed by atoms with Gasteiger partial charge < -0.3 is 10.0 Å². The first-order valence-corrected chi connectivity index (χ1v) is 7.68. The van der Waals surface area contributed by atoms with Gasteiger partial charge in [0.15, 0.2) is 0 Å². The van der Waals surface area contributed by atoms with Crippen LogP contribution in [0.15, 0.2) is 6.07 Å². The smallest absolute Gasteiger partial charge is 0.339 e. The molecule has 0 spiro atoms. The van der Waals surface area contributed by atoms with E-state index in [0.29, 0.717) is 17.3 Å². The molecule has 116 valence electrons. The van der Waals surface area contributed by atoms with Crippen LogP contribution in [0, 0.1) is 13.8 Å². The number of hydrogen-bond donors (Lipinski definition) is 1. The number of nitrogens with zero attached hydrogens (tertiary/aromatic N) is 3. The molecular weight excluding hydrogens is 266 g/mol. The monoisotopic (exact) mass is 291 g/mol. The molecule has 1 saturated heterocycles. The number of aromatic carboxylic acids is 1. The summed E-state index contributed by atoms with van der Waals surface area (Å²) in [5.41, 5.74) is 2.64. The maximum Gasteiger partial charge on any atom is 0.339 e. The third kappa shape index (κ3) is 3.18. The predicted molar refractivity (Wildman–Crippen MR) is 84.2 cm³/mol. The molecule has 1 N–H and O–H groups in total. The van der Waals surface area contributed by atoms with Crippen molar-refractivity contribution in [3.05, 3.63) is 23.0 Å². The fourth-order valence-electron chi connectivity index (χ4n) is 3.32. The van der Waals surface area contributed by atoms with E-state index in [9.17, 15) is 9.90 Å². The number of aromatic nitrogens is 1. The molecule has 0 radical (unpaired) electrons. The van der Waals surface area contributed by atoms with Crippen molar-refractivity contribution in [2.24, 2.45) is 0 Å². The number of likely N-dealkylation sites (N-methyl/N-ethyl adjacent to an activating group) is 1. The molecule has 0 saturated carbocycles. The average Bonchev–Trinajstić information content (AvgIpc) is 2.88. The van der Waals surface area contributed by atoms with E-state index in [0.717, 1.165) is 44.0 Å². The molecule has 1 aliphatic heterocycles. The molecule has 1 fully saturated rings. The van der Waals surface area contributed by atoms with Crippen molar-refractivity contribution in [2.75, 3.05) is 31.1 Å². The minimum absolute atomic E-state index is 0.348. The molecule has 21 heavy (non-hydrogen) atoms. The van der Waals surface area contributed by atoms with Gasteiger partial charge in [-0.1, -0.05) is 13.8 Å². The molecular formula is C16H25N3O2. The third-order valence-electron chi connectivity index (χ3n) is 4.35. The van der Waals surface area contributed by atoms with Crippen LogP contribution in [0.4, 0.5) is 5.69 Å². The largest absolute Gasteiger partial charge is 0.478 e. The fourth-order valence-corrected chi connectivity index (χ4v) is 3.32. The highest BCUT2D eigenvalue weighted by Gasteiger charge is 2.29. The van der Waals surface area contributed by atoms with Crippen LogP contribution in [-0.4, -0.2) is 53.2 Å². The molecule has 1 aromatic rings. The van der Waals surface area contributed by atoms with E-state index in [-0.39, 0.29) is 0 Å². The Kier molecular flexibility index (Phi) is 4.83. The highest BCUT2D eigenvalue weighted by Crippen LogP contribution is 2.28. The molecule has 1 aliphatic rings. The second kappa shape index (κ2) is 6.43. The first kappa shape index (κ1) is 15.8. The van der Waals surface area contributed by atoms with Crippen molar-refractivity contribution < 1.29 is 9.90 Å². The van der Waals surface area contributed by atoms with E-state index in [1.165, 1.54) is 0 Å². The van der Waals surface area contributed by atoms with Gasteiger partial charge in [0.1, 0.15) is 5.56 Å². The Hall–Kier alpha value is -1.62. The number of pyridine rings is 1. The van der Waals surface area contributed by atoms with Gasteiger partial charge in [0, 0.05) is 24.8 Å². The van der Waals surface area contributed by atoms with Gasteiger partial charge in [-0.15, -0.1) is 0 Å². The summed E-state index contributed by atoms with van der Waals surface area (Å²) in [7, 11) is 0. The summed E-state index contributed by atoms with van der Waals surface area (Å²) in [5, 5.41) is 9.49. The third-order valence-corrected chi connectivity index (χ3v) is 4.35. The van der Waals surface area contributed by atoms with Gasteiger partial charge in [-0.05, 0) is 39.4 Å². The Bertz CT molecular complexity index is 526. The quantitative estimate of drug-likeness (QED) is 0.902. The number of anilines is 1. The summed E-state index contributed by atoms with van der Waals surface area (Å²) < 4.78 is 0. The number of hydrogen-bond acceptors (Lipinski definition) is 4. The lowest BCUT2D eigenvalue weighted by Crippen LogP contribution is -2.37. The van der Waals surface area contributed by atoms with E-state index in [1.54, 1.807) is 6.92 Å². The van der Waals surface area contributed by atoms with Gasteiger partial charge in [-0.25, -0.2) is 4.79 Å². The molecule has 0 aliphatic carbocycles. The molecule has 2 rings (SSSR count). The summed E-state index contributed by atoms with van der Waals surface area (Å²) in [5.74, 6) is -0.888. The van der Waals surface area contributed by atoms with E-state index < -0.39 is 5.97 Å². The normalized spacial score (nSPS) is 18.5. The van der Waals surface area contributed by atoms with Crippen molar-refractivity contribution >= 4 is 11.7 Å². The van der Waals surface area contributed by atoms with Crippen LogP contribution >= 0.6 is 0 Å². The summed E-state index contributed by atoms with van der Waals surface area (Å²) >= 11 is 0. The number of carbonyl (C=O) groups is 1. The minimum Gasteiger partial charge on any atom is -0.478 e. The topological polar surface area (TPSA) is 56.7 Å². The lowest BCUT2D eigenvalue weighted by molar-refractivity contribution is 0.0696. The van der Waals surface area contributed by atoms with Crippen LogP contribution in [-0.2, 0) is 0 Å². The molecule has 1 atom stereocenters. The minimum atomic E-state index is -0.888. The molecule has 5 nitrogen and oxygen atoms in total. The molecule has 0 amide bonds. The molecule has 0 bridgehead atoms. The zero-order valence-corrected chi connectivity index (χ0v) is 13.4. The van der Waals surface area contributed by atoms with E-state index in [1.807, 2.05) is 13.0 Å². The molecule has 5 heteroatoms. The van der Waals surface area contributed by atoms with Gasteiger partial charge in [0.05, 0.1) is 11.4 Å². The maximum absolute atomic E-state index is 11.6. The first-order chi connectivity index (χ1) is 9.97. The highest BCUT2D eigenvalue weighted by atomic mass is 16.4. The second-order valence-corrected chi connectivity index (χ2v) is 5.66. The fraction of sp³-hybridized carbons (Fsp3) is 0.625. The van der Waals surface area contributed by atoms with Gasteiger partial charge >= 0.3 is 5.97 Å². The molecule has 2 heterocycles. The summed E-state index contributed by atoms with van der Waals surface area (Å²) in [6.45, 7) is 11.9. The van der Waals surface area contributed by atoms with Gasteiger partial charge in [-0.2, -0.15) is 0 Å². The zero-order valence-electron chi connectivity index (χ0n) is 13.4. The van der Waals surface area contributed by atoms with Crippen LogP contribution in [0.1, 0.15) is 42.0 Å². The number of rotatable bonds is 5. The Morgan fingerprint density at radius 1 is 1.43 bits per heavy atom. The lowest BCUT2D eigenvalue weighted by atomic mass is 10.1. The summed E-state index contributed by atoms with van der Waals surface area (Å²) in [6, 6.07) is 2.41. The Labute approximate surface area is 126 Å². The number of carboxylic acids is 1. The first-order valence-electron chi connectivity index (χ1n) is 7.68. The van der Waals surface area contributed by atoms with Gasteiger partial charge in [-0.3, -0.25) is 9.88 Å². The zero-order chi connectivity index (χ0) is 15.6. The van der Waals surface area contributed by atoms with Crippen molar-refractivity contribution in [1.29, 1.82) is 0 Å². The van der Waals surface area contributed by atoms with Gasteiger partial charge in [0.25, 0.3) is 0 Å². The standard InChI is InChI=1S/C16H25N3O2/c1-5-18(6-2)13-7-8-19(10-13)14-9-11(3)17-12(4)15(14)16(20)21/h9,13H,5-8,10H2,1-4H3,(H,20,21). The Morgan fingerprint density at radius 3 is 2.67 bits per heavy atom. The van der Waals surface area contributed by atoms with E-state index >= 15 is 0 Å². The van der Waals surface area contributed by atoms with Crippen molar-refractivity contribution in [3.63, 3.8) is 0 Å². The molecule has 1 aromatic heterocycles. The Balaban J connectivity index is 2.29. The summed E-state index contributed by atoms with van der Waals surface area (Å²) in [4.78, 5) is 20.5. The SMILES string of the molecule is CCN(CC)C1CCN(c2cc(C)nc(C)c2C(=O)O)C1. The highest BCUT2D eigenvalue weighted by molar-refractivity contribution is 5.95. The summed E-state index contributed by atoms with van der Waals surface area (Å²) in [6.07, 6.45) is 1.08. The average molecular weight is 291 g/mol. The maximum atomic E-state index is 11.6. The predicted octanol–water partition coefficient (Wildman–Crippen LogP) is 2.32. The van der Waals surface area contributed by atoms with Crippen molar-refractivity contribution in [3.8, 4) is 0 Å². The van der Waals surface area contributed by atoms with E-state index in [4.69, 9.17) is 0 Å². The lowest BCUT2D eigenvalue weighted by Gasteiger charge is -2.27. The van der Waals surface area contributed by atoms with Crippen LogP contribution in [0.25, 0.3) is 0 Å². The Morgan fingerprint density at radius 2 is 2.10 bits per heavy atom. The van der Waals surface area contributed by atoms with Gasteiger partial charge in [0.2, 0.25) is 0 Å². The van der Waals surface area contributed by atoms with Crippen molar-refractivity contribution in [2.45, 2.75) is 40.2 Å². The second-order valence-electron chi connectivity index (χ2n) is 5.66. The number of carboxylic acid groups (broad SMARTS) is 1. The van der Waals surface area contributed by atoms with Crippen molar-refractivity contribution in [1.82, 2.24) is 9.88 Å². The molecule has 0 aromatic carbocycles.